The van der Waals surface area contributed by atoms with Crippen molar-refractivity contribution >= 4 is 0 Å². The number of nitrogens with zero attached hydrogens (tertiary/aromatic N) is 3. The van der Waals surface area contributed by atoms with Crippen LogP contribution >= 0.6 is 0 Å². The van der Waals surface area contributed by atoms with Crippen molar-refractivity contribution in [3.05, 3.63) is 40.7 Å². The van der Waals surface area contributed by atoms with Crippen LogP contribution in [-0.2, 0) is 0 Å². The molecule has 0 aliphatic rings. The fourth-order valence-corrected chi connectivity index (χ4v) is 2.11. The number of aromatic nitrogens is 3. The summed E-state index contributed by atoms with van der Waals surface area (Å²) in [6, 6.07) is 4.23. The lowest BCUT2D eigenvalue weighted by Gasteiger charge is -2.10. The van der Waals surface area contributed by atoms with E-state index in [1.807, 2.05) is 0 Å². The van der Waals surface area contributed by atoms with Gasteiger partial charge >= 0.3 is 0 Å². The van der Waals surface area contributed by atoms with Gasteiger partial charge in [0.05, 0.1) is 18.0 Å². The fraction of sp³-hybridized carbons (Fsp3) is 0.385. The summed E-state index contributed by atoms with van der Waals surface area (Å²) in [6.45, 7) is 7.87. The van der Waals surface area contributed by atoms with E-state index < -0.39 is 6.10 Å². The predicted octanol–water partition coefficient (Wildman–Crippen LogP) is 2.25. The molecule has 0 fully saturated rings. The molecule has 0 amide bonds. The molecule has 0 saturated heterocycles. The van der Waals surface area contributed by atoms with E-state index in [0.29, 0.717) is 5.69 Å². The Hall–Kier alpha value is -1.68. The zero-order chi connectivity index (χ0) is 12.6. The molecular formula is C13H17N3O. The standard InChI is InChI=1S/C13H17N3O/c1-8-5-9(2)13(10(3)6-8)16-7-12(11(4)17)14-15-16/h5-7,11,17H,1-4H3. The molecule has 1 N–H and O–H groups in total. The molecular weight excluding hydrogens is 214 g/mol. The Morgan fingerprint density at radius 2 is 1.76 bits per heavy atom. The first-order valence-corrected chi connectivity index (χ1v) is 5.67. The third-order valence-corrected chi connectivity index (χ3v) is 2.80. The maximum absolute atomic E-state index is 9.45. The number of aliphatic hydroxyl groups is 1. The summed E-state index contributed by atoms with van der Waals surface area (Å²) >= 11 is 0. The zero-order valence-corrected chi connectivity index (χ0v) is 10.6. The Morgan fingerprint density at radius 1 is 1.18 bits per heavy atom. The summed E-state index contributed by atoms with van der Waals surface area (Å²) in [5.74, 6) is 0. The first kappa shape index (κ1) is 11.8. The van der Waals surface area contributed by atoms with Crippen LogP contribution in [0.25, 0.3) is 5.69 Å². The van der Waals surface area contributed by atoms with Crippen LogP contribution in [0.2, 0.25) is 0 Å². The van der Waals surface area contributed by atoms with Crippen molar-refractivity contribution in [2.24, 2.45) is 0 Å². The maximum atomic E-state index is 9.45. The van der Waals surface area contributed by atoms with Crippen LogP contribution in [0.5, 0.6) is 0 Å². The van der Waals surface area contributed by atoms with Crippen LogP contribution < -0.4 is 0 Å². The Morgan fingerprint density at radius 3 is 2.24 bits per heavy atom. The molecule has 2 aromatic rings. The van der Waals surface area contributed by atoms with E-state index >= 15 is 0 Å². The van der Waals surface area contributed by atoms with Gasteiger partial charge in [-0.25, -0.2) is 4.68 Å². The molecule has 1 heterocycles. The largest absolute Gasteiger partial charge is 0.387 e. The minimum Gasteiger partial charge on any atom is -0.387 e. The summed E-state index contributed by atoms with van der Waals surface area (Å²) in [6.07, 6.45) is 1.19. The van der Waals surface area contributed by atoms with Crippen molar-refractivity contribution < 1.29 is 5.11 Å². The Labute approximate surface area is 101 Å². The van der Waals surface area contributed by atoms with Gasteiger partial charge in [-0.3, -0.25) is 0 Å². The van der Waals surface area contributed by atoms with E-state index in [-0.39, 0.29) is 0 Å². The third-order valence-electron chi connectivity index (χ3n) is 2.80. The molecule has 0 radical (unpaired) electrons. The number of benzene rings is 1. The van der Waals surface area contributed by atoms with Crippen LogP contribution in [0, 0.1) is 20.8 Å². The van der Waals surface area contributed by atoms with E-state index in [1.54, 1.807) is 17.8 Å². The van der Waals surface area contributed by atoms with Gasteiger partial charge in [0.2, 0.25) is 0 Å². The molecule has 4 heteroatoms. The van der Waals surface area contributed by atoms with Gasteiger partial charge in [0.1, 0.15) is 5.69 Å². The van der Waals surface area contributed by atoms with Crippen molar-refractivity contribution in [2.45, 2.75) is 33.8 Å². The third kappa shape index (κ3) is 2.22. The van der Waals surface area contributed by atoms with E-state index in [2.05, 4.69) is 43.2 Å². The smallest absolute Gasteiger partial charge is 0.111 e. The van der Waals surface area contributed by atoms with Gasteiger partial charge in [-0.2, -0.15) is 0 Å². The highest BCUT2D eigenvalue weighted by Gasteiger charge is 2.11. The van der Waals surface area contributed by atoms with E-state index in [9.17, 15) is 5.11 Å². The molecule has 0 bridgehead atoms. The monoisotopic (exact) mass is 231 g/mol. The highest BCUT2D eigenvalue weighted by atomic mass is 16.3. The average molecular weight is 231 g/mol. The van der Waals surface area contributed by atoms with E-state index in [4.69, 9.17) is 0 Å². The molecule has 2 rings (SSSR count). The maximum Gasteiger partial charge on any atom is 0.111 e. The Kier molecular flexibility index (Phi) is 2.98. The minimum absolute atomic E-state index is 0.587. The second kappa shape index (κ2) is 4.30. The number of hydrogen-bond acceptors (Lipinski definition) is 3. The van der Waals surface area contributed by atoms with Gasteiger partial charge in [-0.05, 0) is 38.8 Å². The number of rotatable bonds is 2. The first-order chi connectivity index (χ1) is 7.99. The molecule has 0 aliphatic carbocycles. The lowest BCUT2D eigenvalue weighted by atomic mass is 10.1. The van der Waals surface area contributed by atoms with Crippen molar-refractivity contribution in [2.75, 3.05) is 0 Å². The number of aliphatic hydroxyl groups excluding tert-OH is 1. The molecule has 1 aromatic heterocycles. The minimum atomic E-state index is -0.588. The highest BCUT2D eigenvalue weighted by molar-refractivity contribution is 5.48. The SMILES string of the molecule is Cc1cc(C)c(-n2cc(C(C)O)nn2)c(C)c1. The van der Waals surface area contributed by atoms with Gasteiger partial charge in [0, 0.05) is 0 Å². The van der Waals surface area contributed by atoms with Crippen LogP contribution in [-0.4, -0.2) is 20.1 Å². The van der Waals surface area contributed by atoms with Crippen molar-refractivity contribution in [3.63, 3.8) is 0 Å². The van der Waals surface area contributed by atoms with Crippen molar-refractivity contribution in [1.29, 1.82) is 0 Å². The molecule has 0 aliphatic heterocycles. The molecule has 0 saturated carbocycles. The molecule has 1 atom stereocenters. The van der Waals surface area contributed by atoms with Crippen molar-refractivity contribution in [1.82, 2.24) is 15.0 Å². The second-order valence-electron chi connectivity index (χ2n) is 4.51. The van der Waals surface area contributed by atoms with Gasteiger partial charge < -0.3 is 5.11 Å². The van der Waals surface area contributed by atoms with Crippen LogP contribution in [0.3, 0.4) is 0 Å². The lowest BCUT2D eigenvalue weighted by Crippen LogP contribution is -2.01. The average Bonchev–Trinajstić information content (AvgIpc) is 2.65. The Balaban J connectivity index is 2.52. The van der Waals surface area contributed by atoms with E-state index in [0.717, 1.165) is 16.8 Å². The topological polar surface area (TPSA) is 50.9 Å². The quantitative estimate of drug-likeness (QED) is 0.862. The fourth-order valence-electron chi connectivity index (χ4n) is 2.11. The first-order valence-electron chi connectivity index (χ1n) is 5.67. The van der Waals surface area contributed by atoms with Crippen LogP contribution in [0.15, 0.2) is 18.3 Å². The van der Waals surface area contributed by atoms with E-state index in [1.165, 1.54) is 5.56 Å². The highest BCUT2D eigenvalue weighted by Crippen LogP contribution is 2.21. The molecule has 4 nitrogen and oxygen atoms in total. The summed E-state index contributed by atoms with van der Waals surface area (Å²) in [5, 5.41) is 17.5. The van der Waals surface area contributed by atoms with Crippen LogP contribution in [0.4, 0.5) is 0 Å². The summed E-state index contributed by atoms with van der Waals surface area (Å²) in [7, 11) is 0. The van der Waals surface area contributed by atoms with Gasteiger partial charge in [0.25, 0.3) is 0 Å². The van der Waals surface area contributed by atoms with Gasteiger partial charge in [0.15, 0.2) is 0 Å². The lowest BCUT2D eigenvalue weighted by molar-refractivity contribution is 0.194. The summed E-state index contributed by atoms with van der Waals surface area (Å²) < 4.78 is 1.73. The van der Waals surface area contributed by atoms with Crippen molar-refractivity contribution in [3.8, 4) is 5.69 Å². The summed E-state index contributed by atoms with van der Waals surface area (Å²) in [4.78, 5) is 0. The second-order valence-corrected chi connectivity index (χ2v) is 4.51. The molecule has 17 heavy (non-hydrogen) atoms. The molecule has 1 unspecified atom stereocenters. The summed E-state index contributed by atoms with van der Waals surface area (Å²) in [5.41, 5.74) is 5.17. The van der Waals surface area contributed by atoms with Gasteiger partial charge in [-0.15, -0.1) is 5.10 Å². The molecule has 0 spiro atoms. The van der Waals surface area contributed by atoms with Crippen LogP contribution in [0.1, 0.15) is 35.4 Å². The molecule has 90 valence electrons. The zero-order valence-electron chi connectivity index (χ0n) is 10.6. The normalized spacial score (nSPS) is 12.8. The number of hydrogen-bond donors (Lipinski definition) is 1. The Bertz CT molecular complexity index is 520. The molecule has 1 aromatic carbocycles. The number of aryl methyl sites for hydroxylation is 3. The van der Waals surface area contributed by atoms with Gasteiger partial charge in [-0.1, -0.05) is 22.9 Å². The predicted molar refractivity (Wildman–Crippen MR) is 66.2 cm³/mol.